The maximum absolute atomic E-state index is 5.33. The summed E-state index contributed by atoms with van der Waals surface area (Å²) >= 11 is 0. The molecule has 2 rings (SSSR count). The molecule has 13 heavy (non-hydrogen) atoms. The number of thiol groups is 1. The van der Waals surface area contributed by atoms with Crippen molar-refractivity contribution in [3.8, 4) is 0 Å². The minimum Gasteiger partial charge on any atom is -0.351 e. The van der Waals surface area contributed by atoms with Crippen molar-refractivity contribution >= 4 is 10.9 Å². The van der Waals surface area contributed by atoms with Gasteiger partial charge in [0.1, 0.15) is 0 Å². The molecule has 1 saturated carbocycles. The molecule has 1 heterocycles. The molecule has 0 aliphatic heterocycles. The van der Waals surface area contributed by atoms with Gasteiger partial charge in [0.15, 0.2) is 5.09 Å². The van der Waals surface area contributed by atoms with Crippen molar-refractivity contribution in [1.29, 1.82) is 0 Å². The maximum Gasteiger partial charge on any atom is 0.173 e. The minimum absolute atomic E-state index is 0.132. The molecule has 0 saturated heterocycles. The van der Waals surface area contributed by atoms with Crippen molar-refractivity contribution < 1.29 is 4.52 Å². The Hall–Kier alpha value is -0.440. The van der Waals surface area contributed by atoms with E-state index in [0.29, 0.717) is 5.41 Å². The van der Waals surface area contributed by atoms with Crippen LogP contribution in [0.2, 0.25) is 0 Å². The molecular weight excluding hydrogens is 182 g/mol. The van der Waals surface area contributed by atoms with Crippen LogP contribution in [0.15, 0.2) is 15.7 Å². The van der Waals surface area contributed by atoms with Crippen molar-refractivity contribution in [3.63, 3.8) is 0 Å². The highest BCUT2D eigenvalue weighted by atomic mass is 32.2. The van der Waals surface area contributed by atoms with Gasteiger partial charge in [-0.2, -0.15) is 10.9 Å². The van der Waals surface area contributed by atoms with Crippen LogP contribution < -0.4 is 0 Å². The van der Waals surface area contributed by atoms with Crippen molar-refractivity contribution in [1.82, 2.24) is 5.16 Å². The van der Waals surface area contributed by atoms with Crippen LogP contribution in [0.3, 0.4) is 0 Å². The van der Waals surface area contributed by atoms with E-state index in [1.54, 1.807) is 0 Å². The van der Waals surface area contributed by atoms with Crippen LogP contribution in [0.4, 0.5) is 0 Å². The van der Waals surface area contributed by atoms with Gasteiger partial charge in [-0.15, -0.1) is 0 Å². The van der Waals surface area contributed by atoms with Crippen molar-refractivity contribution in [2.45, 2.75) is 36.7 Å². The van der Waals surface area contributed by atoms with Gasteiger partial charge in [-0.05, 0) is 25.4 Å². The van der Waals surface area contributed by atoms with Crippen LogP contribution in [-0.2, 0) is 5.41 Å². The Kier molecular flexibility index (Phi) is 2.14. The van der Waals surface area contributed by atoms with E-state index in [9.17, 15) is 0 Å². The zero-order valence-corrected chi connectivity index (χ0v) is 9.40. The van der Waals surface area contributed by atoms with Gasteiger partial charge in [-0.1, -0.05) is 18.5 Å². The highest BCUT2D eigenvalue weighted by Crippen LogP contribution is 2.44. The monoisotopic (exact) mass is 199 g/mol. The quantitative estimate of drug-likeness (QED) is 0.741. The lowest BCUT2D eigenvalue weighted by atomic mass is 9.68. The van der Waals surface area contributed by atoms with E-state index >= 15 is 0 Å². The highest BCUT2D eigenvalue weighted by Gasteiger charge is 2.36. The fourth-order valence-corrected chi connectivity index (χ4v) is 2.31. The van der Waals surface area contributed by atoms with Crippen molar-refractivity contribution in [3.05, 3.63) is 11.8 Å². The van der Waals surface area contributed by atoms with Gasteiger partial charge in [0.25, 0.3) is 0 Å². The van der Waals surface area contributed by atoms with Crippen LogP contribution in [-0.4, -0.2) is 17.7 Å². The number of hydrogen-bond acceptors (Lipinski definition) is 2. The summed E-state index contributed by atoms with van der Waals surface area (Å²) in [6.07, 6.45) is 8.27. The Morgan fingerprint density at radius 3 is 2.54 bits per heavy atom. The van der Waals surface area contributed by atoms with Crippen LogP contribution in [0.25, 0.3) is 0 Å². The zero-order chi connectivity index (χ0) is 9.47. The molecule has 0 bridgehead atoms. The molecule has 1 aromatic rings. The zero-order valence-electron chi connectivity index (χ0n) is 8.50. The van der Waals surface area contributed by atoms with E-state index < -0.39 is 0 Å². The Morgan fingerprint density at radius 2 is 2.15 bits per heavy atom. The second-order valence-corrected chi connectivity index (χ2v) is 6.59. The first kappa shape index (κ1) is 9.13. The van der Waals surface area contributed by atoms with Gasteiger partial charge in [0, 0.05) is 11.5 Å². The molecule has 1 fully saturated rings. The molecule has 0 amide bonds. The average Bonchev–Trinajstić information content (AvgIpc) is 2.48. The van der Waals surface area contributed by atoms with Gasteiger partial charge >= 0.3 is 0 Å². The summed E-state index contributed by atoms with van der Waals surface area (Å²) in [5, 5.41) is 5.25. The Labute approximate surface area is 82.0 Å². The summed E-state index contributed by atoms with van der Waals surface area (Å²) in [5.41, 5.74) is 1.50. The molecule has 0 N–H and O–H groups in total. The molecule has 0 atom stereocenters. The highest BCUT2D eigenvalue weighted by molar-refractivity contribution is 8.15. The average molecular weight is 199 g/mol. The van der Waals surface area contributed by atoms with Gasteiger partial charge in [0.05, 0.1) is 5.69 Å². The van der Waals surface area contributed by atoms with E-state index in [2.05, 4.69) is 30.7 Å². The van der Waals surface area contributed by atoms with E-state index in [1.165, 1.54) is 25.0 Å². The van der Waals surface area contributed by atoms with Crippen LogP contribution in [0.1, 0.15) is 31.9 Å². The summed E-state index contributed by atoms with van der Waals surface area (Å²) < 4.78 is 5.33. The molecule has 0 unspecified atom stereocenters. The molecule has 0 radical (unpaired) electrons. The molecular formula is C10H17NOS. The summed E-state index contributed by atoms with van der Waals surface area (Å²) in [5.74, 6) is 0. The summed E-state index contributed by atoms with van der Waals surface area (Å²) in [6, 6.07) is 2.16. The molecule has 0 aromatic carbocycles. The molecule has 1 aliphatic carbocycles. The molecule has 1 aliphatic rings. The second-order valence-electron chi connectivity index (χ2n) is 4.36. The molecule has 2 nitrogen and oxygen atoms in total. The van der Waals surface area contributed by atoms with E-state index in [0.717, 1.165) is 5.09 Å². The van der Waals surface area contributed by atoms with Crippen LogP contribution >= 0.6 is 10.9 Å². The van der Waals surface area contributed by atoms with Gasteiger partial charge in [-0.25, -0.2) is 0 Å². The third-order valence-electron chi connectivity index (χ3n) is 3.01. The first-order valence-corrected chi connectivity index (χ1v) is 7.00. The second kappa shape index (κ2) is 3.05. The lowest BCUT2D eigenvalue weighted by Crippen LogP contribution is -2.30. The van der Waals surface area contributed by atoms with Crippen LogP contribution in [0, 0.1) is 0 Å². The standard InChI is InChI=1S/C10H17NOS/c1-10(5-4-6-10)8-7-9(12-11-8)13(2)3/h7,13H,4-6H2,1-3H3. The summed E-state index contributed by atoms with van der Waals surface area (Å²) in [4.78, 5) is 0. The van der Waals surface area contributed by atoms with E-state index in [1.807, 2.05) is 0 Å². The van der Waals surface area contributed by atoms with E-state index in [-0.39, 0.29) is 10.9 Å². The lowest BCUT2D eigenvalue weighted by molar-refractivity contribution is 0.245. The number of hydrogen-bond donors (Lipinski definition) is 1. The molecule has 74 valence electrons. The van der Waals surface area contributed by atoms with Crippen molar-refractivity contribution in [2.24, 2.45) is 0 Å². The first-order valence-electron chi connectivity index (χ1n) is 4.76. The smallest absolute Gasteiger partial charge is 0.173 e. The Balaban J connectivity index is 2.22. The molecule has 3 heteroatoms. The number of aromatic nitrogens is 1. The largest absolute Gasteiger partial charge is 0.351 e. The number of nitrogens with zero attached hydrogens (tertiary/aromatic N) is 1. The molecule has 1 aromatic heterocycles. The third-order valence-corrected chi connectivity index (χ3v) is 4.11. The fourth-order valence-electron chi connectivity index (χ4n) is 1.72. The predicted molar refractivity (Wildman–Crippen MR) is 56.8 cm³/mol. The predicted octanol–water partition coefficient (Wildman–Crippen LogP) is 2.74. The lowest BCUT2D eigenvalue weighted by Gasteiger charge is -2.36. The van der Waals surface area contributed by atoms with Gasteiger partial charge < -0.3 is 4.52 Å². The summed E-state index contributed by atoms with van der Waals surface area (Å²) in [7, 11) is -0.132. The maximum atomic E-state index is 5.33. The Morgan fingerprint density at radius 1 is 1.46 bits per heavy atom. The molecule has 0 spiro atoms. The minimum atomic E-state index is -0.132. The van der Waals surface area contributed by atoms with Crippen LogP contribution in [0.5, 0.6) is 0 Å². The van der Waals surface area contributed by atoms with Gasteiger partial charge in [-0.3, -0.25) is 0 Å². The Bertz CT molecular complexity index is 302. The van der Waals surface area contributed by atoms with Gasteiger partial charge in [0.2, 0.25) is 0 Å². The third kappa shape index (κ3) is 1.50. The SMILES string of the molecule is C[SH](C)c1cc(C2(C)CCC2)no1. The summed E-state index contributed by atoms with van der Waals surface area (Å²) in [6.45, 7) is 2.28. The fraction of sp³-hybridized carbons (Fsp3) is 0.700. The number of rotatable bonds is 2. The first-order chi connectivity index (χ1) is 6.12. The topological polar surface area (TPSA) is 26.0 Å². The van der Waals surface area contributed by atoms with E-state index in [4.69, 9.17) is 4.52 Å². The normalized spacial score (nSPS) is 21.0. The van der Waals surface area contributed by atoms with Crippen molar-refractivity contribution in [2.75, 3.05) is 12.5 Å².